The highest BCUT2D eigenvalue weighted by atomic mass is 32.1. The lowest BCUT2D eigenvalue weighted by Gasteiger charge is -2.11. The summed E-state index contributed by atoms with van der Waals surface area (Å²) in [6, 6.07) is 19.0. The molecular weight excluding hydrogens is 402 g/mol. The van der Waals surface area contributed by atoms with Crippen LogP contribution in [0.3, 0.4) is 0 Å². The minimum Gasteiger partial charge on any atom is -0.497 e. The van der Waals surface area contributed by atoms with Gasteiger partial charge in [0.15, 0.2) is 0 Å². The van der Waals surface area contributed by atoms with Crippen molar-refractivity contribution in [1.29, 1.82) is 0 Å². The lowest BCUT2D eigenvalue weighted by molar-refractivity contribution is 0.415. The number of nitrogens with one attached hydrogen (secondary N) is 1. The van der Waals surface area contributed by atoms with Crippen molar-refractivity contribution in [3.63, 3.8) is 0 Å². The van der Waals surface area contributed by atoms with Gasteiger partial charge < -0.3 is 14.6 Å². The Hall–Kier alpha value is -3.05. The fourth-order valence-electron chi connectivity index (χ4n) is 4.76. The Kier molecular flexibility index (Phi) is 5.28. The molecule has 0 unspecified atom stereocenters. The Labute approximate surface area is 188 Å². The number of aryl methyl sites for hydroxylation is 2. The predicted octanol–water partition coefficient (Wildman–Crippen LogP) is 5.70. The van der Waals surface area contributed by atoms with Gasteiger partial charge in [0.25, 0.3) is 0 Å². The average molecular weight is 430 g/mol. The third-order valence-corrected chi connectivity index (χ3v) is 6.47. The van der Waals surface area contributed by atoms with Crippen molar-refractivity contribution in [3.8, 4) is 28.1 Å². The van der Waals surface area contributed by atoms with Crippen LogP contribution >= 0.6 is 12.2 Å². The standard InChI is InChI=1S/C26H27N3OS/c1-3-27-25(31)24-23(19-12-14-20(30-2)15-13-19)21-11-7-8-16-28-22(17-29(24)26(21)28)18-9-5-4-6-10-18/h4-6,9-10,12-15,17H,3,7-8,11,16H2,1-2H3,(H,27,31). The first-order valence-electron chi connectivity index (χ1n) is 11.0. The predicted molar refractivity (Wildman–Crippen MR) is 131 cm³/mol. The molecule has 1 N–H and O–H groups in total. The number of imidazole rings is 1. The zero-order valence-corrected chi connectivity index (χ0v) is 18.8. The molecule has 31 heavy (non-hydrogen) atoms. The van der Waals surface area contributed by atoms with Crippen LogP contribution in [-0.2, 0) is 13.0 Å². The SMILES string of the molecule is CCNC(=S)c1c(-c2ccc(OC)cc2)c2c3n(c(-c4ccccc4)cn13)CCCC2. The number of nitrogens with zero attached hydrogens (tertiary/aromatic N) is 2. The number of hydrogen-bond donors (Lipinski definition) is 1. The first-order chi connectivity index (χ1) is 15.2. The number of ether oxygens (including phenoxy) is 1. The number of benzene rings is 2. The van der Waals surface area contributed by atoms with Crippen molar-refractivity contribution < 1.29 is 4.74 Å². The van der Waals surface area contributed by atoms with Gasteiger partial charge in [0, 0.05) is 30.4 Å². The van der Waals surface area contributed by atoms with Crippen LogP contribution in [0.25, 0.3) is 28.0 Å². The molecule has 2 aromatic heterocycles. The van der Waals surface area contributed by atoms with E-state index in [1.165, 1.54) is 46.4 Å². The normalized spacial score (nSPS) is 13.2. The van der Waals surface area contributed by atoms with Crippen LogP contribution in [0.15, 0.2) is 60.8 Å². The lowest BCUT2D eigenvalue weighted by atomic mass is 9.98. The van der Waals surface area contributed by atoms with E-state index in [2.05, 4.69) is 69.9 Å². The quantitative estimate of drug-likeness (QED) is 0.413. The van der Waals surface area contributed by atoms with E-state index in [1.807, 2.05) is 12.1 Å². The Morgan fingerprint density at radius 3 is 2.52 bits per heavy atom. The largest absolute Gasteiger partial charge is 0.497 e. The van der Waals surface area contributed by atoms with E-state index in [0.717, 1.165) is 35.9 Å². The summed E-state index contributed by atoms with van der Waals surface area (Å²) in [5.74, 6) is 0.866. The lowest BCUT2D eigenvalue weighted by Crippen LogP contribution is -2.23. The number of hydrogen-bond acceptors (Lipinski definition) is 2. The molecule has 0 bridgehead atoms. The average Bonchev–Trinajstić information content (AvgIpc) is 3.23. The second kappa shape index (κ2) is 8.23. The topological polar surface area (TPSA) is 30.6 Å². The van der Waals surface area contributed by atoms with Crippen molar-refractivity contribution >= 4 is 22.9 Å². The summed E-state index contributed by atoms with van der Waals surface area (Å²) in [6.45, 7) is 3.91. The maximum atomic E-state index is 5.90. The van der Waals surface area contributed by atoms with Crippen LogP contribution in [0, 0.1) is 0 Å². The van der Waals surface area contributed by atoms with Crippen molar-refractivity contribution in [3.05, 3.63) is 72.1 Å². The van der Waals surface area contributed by atoms with Gasteiger partial charge in [-0.1, -0.05) is 54.7 Å². The number of methoxy groups -OCH3 is 1. The Bertz CT molecular complexity index is 1240. The zero-order chi connectivity index (χ0) is 21.4. The van der Waals surface area contributed by atoms with Crippen LogP contribution in [0.1, 0.15) is 31.0 Å². The molecule has 0 spiro atoms. The van der Waals surface area contributed by atoms with E-state index in [0.29, 0.717) is 0 Å². The minimum absolute atomic E-state index is 0.798. The molecule has 158 valence electrons. The Morgan fingerprint density at radius 2 is 1.81 bits per heavy atom. The second-order valence-corrected chi connectivity index (χ2v) is 8.38. The molecular formula is C26H27N3OS. The fraction of sp³-hybridized carbons (Fsp3) is 0.269. The van der Waals surface area contributed by atoms with E-state index in [9.17, 15) is 0 Å². The van der Waals surface area contributed by atoms with Crippen LogP contribution < -0.4 is 10.1 Å². The van der Waals surface area contributed by atoms with Gasteiger partial charge in [-0.15, -0.1) is 0 Å². The molecule has 1 aliphatic heterocycles. The van der Waals surface area contributed by atoms with Gasteiger partial charge in [-0.25, -0.2) is 0 Å². The van der Waals surface area contributed by atoms with E-state index >= 15 is 0 Å². The van der Waals surface area contributed by atoms with Gasteiger partial charge in [-0.3, -0.25) is 4.40 Å². The summed E-state index contributed by atoms with van der Waals surface area (Å²) >= 11 is 5.90. The van der Waals surface area contributed by atoms with E-state index in [1.54, 1.807) is 7.11 Å². The third kappa shape index (κ3) is 3.33. The molecule has 2 aromatic carbocycles. The highest BCUT2D eigenvalue weighted by Crippen LogP contribution is 2.39. The smallest absolute Gasteiger partial charge is 0.124 e. The number of aromatic nitrogens is 2. The number of rotatable bonds is 5. The van der Waals surface area contributed by atoms with Gasteiger partial charge in [0.2, 0.25) is 0 Å². The second-order valence-electron chi connectivity index (χ2n) is 7.97. The van der Waals surface area contributed by atoms with Crippen molar-refractivity contribution in [1.82, 2.24) is 14.3 Å². The monoisotopic (exact) mass is 429 g/mol. The fourth-order valence-corrected chi connectivity index (χ4v) is 5.11. The summed E-state index contributed by atoms with van der Waals surface area (Å²) in [4.78, 5) is 0.798. The van der Waals surface area contributed by atoms with Crippen molar-refractivity contribution in [2.24, 2.45) is 0 Å². The Balaban J connectivity index is 1.82. The van der Waals surface area contributed by atoms with E-state index in [-0.39, 0.29) is 0 Å². The molecule has 0 saturated carbocycles. The highest BCUT2D eigenvalue weighted by molar-refractivity contribution is 7.80. The van der Waals surface area contributed by atoms with E-state index in [4.69, 9.17) is 17.0 Å². The summed E-state index contributed by atoms with van der Waals surface area (Å²) in [5, 5.41) is 3.41. The molecule has 3 heterocycles. The maximum Gasteiger partial charge on any atom is 0.124 e. The van der Waals surface area contributed by atoms with Crippen molar-refractivity contribution in [2.45, 2.75) is 32.7 Å². The molecule has 1 aliphatic rings. The molecule has 0 atom stereocenters. The Morgan fingerprint density at radius 1 is 1.03 bits per heavy atom. The molecule has 5 heteroatoms. The molecule has 0 amide bonds. The van der Waals surface area contributed by atoms with Gasteiger partial charge in [-0.2, -0.15) is 0 Å². The molecule has 0 radical (unpaired) electrons. The minimum atomic E-state index is 0.798. The molecule has 0 fully saturated rings. The van der Waals surface area contributed by atoms with Gasteiger partial charge in [0.1, 0.15) is 16.4 Å². The summed E-state index contributed by atoms with van der Waals surface area (Å²) in [6.07, 6.45) is 5.67. The zero-order valence-electron chi connectivity index (χ0n) is 18.0. The third-order valence-electron chi connectivity index (χ3n) is 6.13. The van der Waals surface area contributed by atoms with Crippen LogP contribution in [0.2, 0.25) is 0 Å². The molecule has 4 nitrogen and oxygen atoms in total. The first-order valence-corrected chi connectivity index (χ1v) is 11.4. The molecule has 4 aromatic rings. The van der Waals surface area contributed by atoms with Crippen molar-refractivity contribution in [2.75, 3.05) is 13.7 Å². The van der Waals surface area contributed by atoms with Crippen LogP contribution in [0.4, 0.5) is 0 Å². The molecule has 0 aliphatic carbocycles. The summed E-state index contributed by atoms with van der Waals surface area (Å²) < 4.78 is 10.2. The maximum absolute atomic E-state index is 5.90. The number of thiocarbonyl (C=S) groups is 1. The van der Waals surface area contributed by atoms with Crippen LogP contribution in [0.5, 0.6) is 5.75 Å². The molecule has 5 rings (SSSR count). The van der Waals surface area contributed by atoms with E-state index < -0.39 is 0 Å². The highest BCUT2D eigenvalue weighted by Gasteiger charge is 2.27. The summed E-state index contributed by atoms with van der Waals surface area (Å²) in [5.41, 5.74) is 8.68. The first kappa shape index (κ1) is 19.9. The van der Waals surface area contributed by atoms with Crippen LogP contribution in [-0.4, -0.2) is 27.6 Å². The van der Waals surface area contributed by atoms with Gasteiger partial charge in [-0.05, 0) is 49.4 Å². The van der Waals surface area contributed by atoms with Gasteiger partial charge in [0.05, 0.1) is 18.5 Å². The summed E-state index contributed by atoms with van der Waals surface area (Å²) in [7, 11) is 1.70. The molecule has 0 saturated heterocycles. The van der Waals surface area contributed by atoms with Gasteiger partial charge >= 0.3 is 0 Å².